The summed E-state index contributed by atoms with van der Waals surface area (Å²) in [6.45, 7) is 9.36. The third-order valence-corrected chi connectivity index (χ3v) is 10.5. The van der Waals surface area contributed by atoms with Crippen molar-refractivity contribution in [1.82, 2.24) is 4.98 Å². The monoisotopic (exact) mass is 441 g/mol. The van der Waals surface area contributed by atoms with E-state index < -0.39 is 5.60 Å². The second kappa shape index (κ2) is 7.53. The maximum absolute atomic E-state index is 12.0. The Morgan fingerprint density at radius 1 is 1.19 bits per heavy atom. The van der Waals surface area contributed by atoms with Crippen LogP contribution in [0.15, 0.2) is 24.4 Å². The van der Waals surface area contributed by atoms with Gasteiger partial charge in [0.1, 0.15) is 11.7 Å². The molecule has 8 atom stereocenters. The molecule has 176 valence electrons. The zero-order valence-corrected chi connectivity index (χ0v) is 20.1. The van der Waals surface area contributed by atoms with Crippen molar-refractivity contribution in [3.8, 4) is 0 Å². The van der Waals surface area contributed by atoms with E-state index in [0.717, 1.165) is 57.2 Å². The van der Waals surface area contributed by atoms with E-state index in [9.17, 15) is 9.90 Å². The Bertz CT molecular complexity index is 876. The average Bonchev–Trinajstić information content (AvgIpc) is 3.02. The van der Waals surface area contributed by atoms with Crippen LogP contribution in [0, 0.1) is 28.6 Å². The lowest BCUT2D eigenvalue weighted by Crippen LogP contribution is -2.70. The Balaban J connectivity index is 1.43. The van der Waals surface area contributed by atoms with Gasteiger partial charge in [-0.3, -0.25) is 9.78 Å². The van der Waals surface area contributed by atoms with Gasteiger partial charge in [-0.25, -0.2) is 0 Å². The molecule has 4 aliphatic rings. The summed E-state index contributed by atoms with van der Waals surface area (Å²) in [5.74, 6) is 1.44. The molecular formula is C27H39NO4. The first-order valence-corrected chi connectivity index (χ1v) is 12.7. The molecule has 1 N–H and O–H groups in total. The molecule has 1 aliphatic heterocycles. The van der Waals surface area contributed by atoms with Gasteiger partial charge in [0.05, 0.1) is 17.9 Å². The maximum Gasteiger partial charge on any atom is 0.302 e. The van der Waals surface area contributed by atoms with Gasteiger partial charge in [-0.1, -0.05) is 33.3 Å². The first kappa shape index (κ1) is 22.3. The van der Waals surface area contributed by atoms with Crippen molar-refractivity contribution in [2.75, 3.05) is 6.61 Å². The molecule has 32 heavy (non-hydrogen) atoms. The van der Waals surface area contributed by atoms with Crippen LogP contribution >= 0.6 is 0 Å². The van der Waals surface area contributed by atoms with Crippen LogP contribution in [0.1, 0.15) is 84.8 Å². The fraction of sp³-hybridized carbons (Fsp3) is 0.778. The van der Waals surface area contributed by atoms with Crippen LogP contribution in [-0.4, -0.2) is 34.4 Å². The minimum Gasteiger partial charge on any atom is -0.463 e. The summed E-state index contributed by atoms with van der Waals surface area (Å²) in [4.78, 5) is 16.1. The summed E-state index contributed by atoms with van der Waals surface area (Å²) in [5.41, 5.74) is -0.487. The van der Waals surface area contributed by atoms with E-state index in [2.05, 4.69) is 25.8 Å². The lowest BCUT2D eigenvalue weighted by molar-refractivity contribution is -0.324. The molecular weight excluding hydrogens is 402 g/mol. The largest absolute Gasteiger partial charge is 0.463 e. The minimum atomic E-state index is -0.935. The highest BCUT2D eigenvalue weighted by Gasteiger charge is 2.76. The van der Waals surface area contributed by atoms with Crippen molar-refractivity contribution in [2.45, 2.75) is 96.4 Å². The second-order valence-electron chi connectivity index (χ2n) is 11.5. The van der Waals surface area contributed by atoms with E-state index in [1.165, 1.54) is 6.92 Å². The number of hydrogen-bond donors (Lipinski definition) is 1. The number of rotatable bonds is 4. The molecule has 1 saturated heterocycles. The maximum atomic E-state index is 12.0. The standard InChI is InChI=1S/C27H39NO4/c1-5-19-16-20(32-18(2)29)9-11-24(19,3)21-10-12-25(4)26(30,23-8-6-7-15-28-23)13-14-27(25)22(21)17-31-27/h6-8,15,19-22,30H,5,9-14,16-17H2,1-4H3. The zero-order chi connectivity index (χ0) is 22.8. The molecule has 2 heterocycles. The van der Waals surface area contributed by atoms with E-state index in [-0.39, 0.29) is 28.5 Å². The van der Waals surface area contributed by atoms with Gasteiger partial charge in [-0.05, 0) is 74.3 Å². The summed E-state index contributed by atoms with van der Waals surface area (Å²) in [6, 6.07) is 5.87. The average molecular weight is 442 g/mol. The Morgan fingerprint density at radius 3 is 2.62 bits per heavy atom. The number of ether oxygens (including phenoxy) is 2. The van der Waals surface area contributed by atoms with Crippen molar-refractivity contribution in [3.05, 3.63) is 30.1 Å². The quantitative estimate of drug-likeness (QED) is 0.665. The number of pyridine rings is 1. The fourth-order valence-electron chi connectivity index (χ4n) is 8.63. The number of carbonyl (C=O) groups is 1. The molecule has 1 aromatic rings. The van der Waals surface area contributed by atoms with Crippen molar-refractivity contribution >= 4 is 5.97 Å². The molecule has 4 fully saturated rings. The molecule has 5 nitrogen and oxygen atoms in total. The molecule has 3 saturated carbocycles. The number of nitrogens with zero attached hydrogens (tertiary/aromatic N) is 1. The van der Waals surface area contributed by atoms with Crippen molar-refractivity contribution in [1.29, 1.82) is 0 Å². The van der Waals surface area contributed by atoms with Crippen LogP contribution < -0.4 is 0 Å². The normalized spacial score (nSPS) is 47.8. The van der Waals surface area contributed by atoms with Gasteiger partial charge in [0.15, 0.2) is 0 Å². The molecule has 1 aromatic heterocycles. The summed E-state index contributed by atoms with van der Waals surface area (Å²) in [5, 5.41) is 12.0. The number of hydrogen-bond acceptors (Lipinski definition) is 5. The minimum absolute atomic E-state index is 0.0618. The first-order chi connectivity index (χ1) is 15.2. The third kappa shape index (κ3) is 2.82. The molecule has 8 unspecified atom stereocenters. The highest BCUT2D eigenvalue weighted by molar-refractivity contribution is 5.66. The second-order valence-corrected chi connectivity index (χ2v) is 11.5. The number of carbonyl (C=O) groups excluding carboxylic acids is 1. The van der Waals surface area contributed by atoms with E-state index in [4.69, 9.17) is 9.47 Å². The number of esters is 1. The van der Waals surface area contributed by atoms with Crippen molar-refractivity contribution in [2.24, 2.45) is 28.6 Å². The first-order valence-electron chi connectivity index (χ1n) is 12.7. The molecule has 5 rings (SSSR count). The predicted molar refractivity (Wildman–Crippen MR) is 122 cm³/mol. The van der Waals surface area contributed by atoms with Gasteiger partial charge < -0.3 is 14.6 Å². The Kier molecular flexibility index (Phi) is 5.25. The van der Waals surface area contributed by atoms with Gasteiger partial charge in [0.2, 0.25) is 0 Å². The summed E-state index contributed by atoms with van der Waals surface area (Å²) >= 11 is 0. The molecule has 0 radical (unpaired) electrons. The smallest absolute Gasteiger partial charge is 0.302 e. The highest BCUT2D eigenvalue weighted by Crippen LogP contribution is 2.73. The molecule has 5 heteroatoms. The summed E-state index contributed by atoms with van der Waals surface area (Å²) in [6.07, 6.45) is 9.69. The topological polar surface area (TPSA) is 68.7 Å². The SMILES string of the molecule is CCC1CC(OC(C)=O)CCC1(C)C1CCC2(C)C(O)(c3ccccn3)CCC23OCC13. The summed E-state index contributed by atoms with van der Waals surface area (Å²) < 4.78 is 12.1. The van der Waals surface area contributed by atoms with Crippen LogP contribution in [0.3, 0.4) is 0 Å². The Morgan fingerprint density at radius 2 is 2.00 bits per heavy atom. The molecule has 0 bridgehead atoms. The van der Waals surface area contributed by atoms with Gasteiger partial charge in [-0.15, -0.1) is 0 Å². The predicted octanol–water partition coefficient (Wildman–Crippen LogP) is 5.01. The lowest BCUT2D eigenvalue weighted by atomic mass is 9.45. The van der Waals surface area contributed by atoms with Crippen molar-refractivity contribution in [3.63, 3.8) is 0 Å². The van der Waals surface area contributed by atoms with E-state index >= 15 is 0 Å². The highest BCUT2D eigenvalue weighted by atomic mass is 16.5. The number of aliphatic hydroxyl groups is 1. The summed E-state index contributed by atoms with van der Waals surface area (Å²) in [7, 11) is 0. The Labute approximate surface area is 192 Å². The van der Waals surface area contributed by atoms with Crippen molar-refractivity contribution < 1.29 is 19.4 Å². The third-order valence-electron chi connectivity index (χ3n) is 10.5. The number of aromatic nitrogens is 1. The van der Waals surface area contributed by atoms with Crippen LogP contribution in [0.4, 0.5) is 0 Å². The van der Waals surface area contributed by atoms with Crippen LogP contribution in [0.25, 0.3) is 0 Å². The van der Waals surface area contributed by atoms with E-state index in [1.54, 1.807) is 6.20 Å². The molecule has 0 aromatic carbocycles. The van der Waals surface area contributed by atoms with Gasteiger partial charge in [0.25, 0.3) is 0 Å². The van der Waals surface area contributed by atoms with E-state index in [0.29, 0.717) is 24.2 Å². The molecule has 0 amide bonds. The van der Waals surface area contributed by atoms with Crippen LogP contribution in [0.5, 0.6) is 0 Å². The van der Waals surface area contributed by atoms with Gasteiger partial charge in [-0.2, -0.15) is 0 Å². The van der Waals surface area contributed by atoms with Gasteiger partial charge >= 0.3 is 5.97 Å². The molecule has 1 spiro atoms. The molecule has 3 aliphatic carbocycles. The zero-order valence-electron chi connectivity index (χ0n) is 20.1. The Hall–Kier alpha value is -1.46. The lowest BCUT2D eigenvalue weighted by Gasteiger charge is -2.67. The van der Waals surface area contributed by atoms with E-state index in [1.807, 2.05) is 18.2 Å². The van der Waals surface area contributed by atoms with Crippen LogP contribution in [0.2, 0.25) is 0 Å². The fourth-order valence-corrected chi connectivity index (χ4v) is 8.63. The van der Waals surface area contributed by atoms with Gasteiger partial charge in [0, 0.05) is 24.5 Å². The van der Waals surface area contributed by atoms with Crippen LogP contribution in [-0.2, 0) is 19.9 Å².